The summed E-state index contributed by atoms with van der Waals surface area (Å²) in [7, 11) is 0. The topological polar surface area (TPSA) is 30.7 Å². The molecule has 0 spiro atoms. The van der Waals surface area contributed by atoms with Crippen LogP contribution in [-0.2, 0) is 12.2 Å². The van der Waals surface area contributed by atoms with Crippen LogP contribution in [-0.4, -0.2) is 14.8 Å². The molecule has 1 heterocycles. The van der Waals surface area contributed by atoms with Crippen LogP contribution in [0, 0.1) is 0 Å². The van der Waals surface area contributed by atoms with Gasteiger partial charge in [0.25, 0.3) is 0 Å². The average Bonchev–Trinajstić information content (AvgIpc) is 2.34. The van der Waals surface area contributed by atoms with Gasteiger partial charge in [0.1, 0.15) is 6.33 Å². The Kier molecular flexibility index (Phi) is 2.45. The fourth-order valence-electron chi connectivity index (χ4n) is 1.12. The number of rotatable bonds is 3. The quantitative estimate of drug-likeness (QED) is 0.695. The summed E-state index contributed by atoms with van der Waals surface area (Å²) in [6.45, 7) is 5.79. The van der Waals surface area contributed by atoms with Gasteiger partial charge in [-0.2, -0.15) is 0 Å². The summed E-state index contributed by atoms with van der Waals surface area (Å²) in [6.07, 6.45) is 2.53. The highest BCUT2D eigenvalue weighted by Gasteiger charge is 2.24. The van der Waals surface area contributed by atoms with E-state index in [0.717, 1.165) is 13.0 Å². The SMILES string of the molecule is CCCn1cnnc1C(C)(C)F. The Labute approximate surface area is 71.6 Å². The van der Waals surface area contributed by atoms with E-state index in [1.165, 1.54) is 13.8 Å². The zero-order chi connectivity index (χ0) is 9.19. The van der Waals surface area contributed by atoms with Crippen LogP contribution in [0.4, 0.5) is 4.39 Å². The molecule has 3 nitrogen and oxygen atoms in total. The summed E-state index contributed by atoms with van der Waals surface area (Å²) in [5.74, 6) is 0.407. The molecule has 0 fully saturated rings. The first-order chi connectivity index (χ1) is 5.55. The summed E-state index contributed by atoms with van der Waals surface area (Å²) < 4.78 is 15.2. The van der Waals surface area contributed by atoms with E-state index < -0.39 is 5.67 Å². The Bertz CT molecular complexity index is 249. The minimum atomic E-state index is -1.40. The minimum absolute atomic E-state index is 0.407. The maximum atomic E-state index is 13.4. The zero-order valence-electron chi connectivity index (χ0n) is 7.71. The number of nitrogens with zero attached hydrogens (tertiary/aromatic N) is 3. The van der Waals surface area contributed by atoms with Crippen LogP contribution >= 0.6 is 0 Å². The lowest BCUT2D eigenvalue weighted by Crippen LogP contribution is -2.17. The second-order valence-corrected chi connectivity index (χ2v) is 3.32. The van der Waals surface area contributed by atoms with Gasteiger partial charge in [-0.25, -0.2) is 4.39 Å². The summed E-state index contributed by atoms with van der Waals surface area (Å²) in [5, 5.41) is 7.42. The Hall–Kier alpha value is -0.930. The van der Waals surface area contributed by atoms with Crippen LogP contribution in [0.25, 0.3) is 0 Å². The lowest BCUT2D eigenvalue weighted by molar-refractivity contribution is 0.198. The van der Waals surface area contributed by atoms with Crippen molar-refractivity contribution in [2.45, 2.75) is 39.4 Å². The van der Waals surface area contributed by atoms with Crippen molar-refractivity contribution < 1.29 is 4.39 Å². The molecule has 12 heavy (non-hydrogen) atoms. The molecule has 4 heteroatoms. The van der Waals surface area contributed by atoms with Crippen LogP contribution in [0.5, 0.6) is 0 Å². The van der Waals surface area contributed by atoms with Gasteiger partial charge in [0.2, 0.25) is 0 Å². The third-order valence-corrected chi connectivity index (χ3v) is 1.61. The first-order valence-corrected chi connectivity index (χ1v) is 4.13. The highest BCUT2D eigenvalue weighted by Crippen LogP contribution is 2.21. The van der Waals surface area contributed by atoms with Crippen molar-refractivity contribution in [2.75, 3.05) is 0 Å². The molecule has 1 aromatic heterocycles. The van der Waals surface area contributed by atoms with Crippen molar-refractivity contribution in [1.29, 1.82) is 0 Å². The normalized spacial score (nSPS) is 12.0. The Morgan fingerprint density at radius 3 is 2.75 bits per heavy atom. The number of aryl methyl sites for hydroxylation is 1. The second-order valence-electron chi connectivity index (χ2n) is 3.32. The Balaban J connectivity index is 2.91. The van der Waals surface area contributed by atoms with Crippen LogP contribution < -0.4 is 0 Å². The molecule has 0 atom stereocenters. The predicted molar refractivity (Wildman–Crippen MR) is 44.4 cm³/mol. The summed E-state index contributed by atoms with van der Waals surface area (Å²) >= 11 is 0. The molecule has 0 aliphatic heterocycles. The molecule has 1 aromatic rings. The first kappa shape index (κ1) is 9.16. The van der Waals surface area contributed by atoms with E-state index in [2.05, 4.69) is 10.2 Å². The monoisotopic (exact) mass is 171 g/mol. The van der Waals surface area contributed by atoms with Crippen LogP contribution in [0.3, 0.4) is 0 Å². The summed E-state index contributed by atoms with van der Waals surface area (Å²) in [5.41, 5.74) is -1.40. The van der Waals surface area contributed by atoms with E-state index in [1.54, 1.807) is 10.9 Å². The molecular weight excluding hydrogens is 157 g/mol. The molecular formula is C8H14FN3. The summed E-state index contributed by atoms with van der Waals surface area (Å²) in [4.78, 5) is 0. The van der Waals surface area contributed by atoms with Gasteiger partial charge in [-0.15, -0.1) is 10.2 Å². The summed E-state index contributed by atoms with van der Waals surface area (Å²) in [6, 6.07) is 0. The van der Waals surface area contributed by atoms with Crippen LogP contribution in [0.15, 0.2) is 6.33 Å². The lowest BCUT2D eigenvalue weighted by atomic mass is 10.1. The zero-order valence-corrected chi connectivity index (χ0v) is 7.71. The fourth-order valence-corrected chi connectivity index (χ4v) is 1.12. The van der Waals surface area contributed by atoms with Gasteiger partial charge in [0.05, 0.1) is 0 Å². The number of alkyl halides is 1. The highest BCUT2D eigenvalue weighted by atomic mass is 19.1. The van der Waals surface area contributed by atoms with Gasteiger partial charge in [0.15, 0.2) is 11.5 Å². The Morgan fingerprint density at radius 1 is 1.58 bits per heavy atom. The second kappa shape index (κ2) is 3.21. The smallest absolute Gasteiger partial charge is 0.170 e. The molecule has 1 rings (SSSR count). The molecule has 0 aliphatic rings. The largest absolute Gasteiger partial charge is 0.315 e. The van der Waals surface area contributed by atoms with Gasteiger partial charge in [0, 0.05) is 6.54 Å². The minimum Gasteiger partial charge on any atom is -0.315 e. The standard InChI is InChI=1S/C8H14FN3/c1-4-5-12-6-10-11-7(12)8(2,3)9/h6H,4-5H2,1-3H3. The van der Waals surface area contributed by atoms with E-state index in [4.69, 9.17) is 0 Å². The number of halogens is 1. The third kappa shape index (κ3) is 1.81. The number of aromatic nitrogens is 3. The molecule has 0 amide bonds. The first-order valence-electron chi connectivity index (χ1n) is 4.13. The van der Waals surface area contributed by atoms with Gasteiger partial charge < -0.3 is 4.57 Å². The van der Waals surface area contributed by atoms with Crippen LogP contribution in [0.2, 0.25) is 0 Å². The van der Waals surface area contributed by atoms with Crippen molar-refractivity contribution in [3.63, 3.8) is 0 Å². The van der Waals surface area contributed by atoms with Gasteiger partial charge >= 0.3 is 0 Å². The molecule has 0 aromatic carbocycles. The van der Waals surface area contributed by atoms with Crippen molar-refractivity contribution in [2.24, 2.45) is 0 Å². The van der Waals surface area contributed by atoms with Crippen molar-refractivity contribution >= 4 is 0 Å². The molecule has 0 bridgehead atoms. The molecule has 0 radical (unpaired) electrons. The van der Waals surface area contributed by atoms with E-state index in [-0.39, 0.29) is 0 Å². The molecule has 0 N–H and O–H groups in total. The average molecular weight is 171 g/mol. The predicted octanol–water partition coefficient (Wildman–Crippen LogP) is 1.89. The lowest BCUT2D eigenvalue weighted by Gasteiger charge is -2.13. The molecule has 0 aliphatic carbocycles. The van der Waals surface area contributed by atoms with Crippen molar-refractivity contribution in [3.05, 3.63) is 12.2 Å². The van der Waals surface area contributed by atoms with Gasteiger partial charge in [-0.1, -0.05) is 6.92 Å². The van der Waals surface area contributed by atoms with E-state index in [9.17, 15) is 4.39 Å². The van der Waals surface area contributed by atoms with E-state index in [0.29, 0.717) is 5.82 Å². The van der Waals surface area contributed by atoms with Crippen molar-refractivity contribution in [1.82, 2.24) is 14.8 Å². The van der Waals surface area contributed by atoms with E-state index >= 15 is 0 Å². The fraction of sp³-hybridized carbons (Fsp3) is 0.750. The van der Waals surface area contributed by atoms with Gasteiger partial charge in [-0.05, 0) is 20.3 Å². The van der Waals surface area contributed by atoms with Gasteiger partial charge in [-0.3, -0.25) is 0 Å². The van der Waals surface area contributed by atoms with E-state index in [1.807, 2.05) is 6.92 Å². The molecule has 68 valence electrons. The molecule has 0 saturated carbocycles. The maximum absolute atomic E-state index is 13.4. The molecule has 0 saturated heterocycles. The highest BCUT2D eigenvalue weighted by molar-refractivity contribution is 4.97. The Morgan fingerprint density at radius 2 is 2.25 bits per heavy atom. The van der Waals surface area contributed by atoms with Crippen LogP contribution in [0.1, 0.15) is 33.0 Å². The number of hydrogen-bond donors (Lipinski definition) is 0. The number of hydrogen-bond acceptors (Lipinski definition) is 2. The third-order valence-electron chi connectivity index (χ3n) is 1.61. The maximum Gasteiger partial charge on any atom is 0.170 e. The van der Waals surface area contributed by atoms with Crippen molar-refractivity contribution in [3.8, 4) is 0 Å². The molecule has 0 unspecified atom stereocenters.